The van der Waals surface area contributed by atoms with Crippen LogP contribution in [-0.4, -0.2) is 29.0 Å². The number of hydrogen-bond donors (Lipinski definition) is 1. The molecule has 0 aliphatic carbocycles. The second kappa shape index (κ2) is 6.95. The molecule has 0 bridgehead atoms. The van der Waals surface area contributed by atoms with Crippen LogP contribution in [0.3, 0.4) is 0 Å². The number of thioether (sulfide) groups is 1. The van der Waals surface area contributed by atoms with E-state index in [-0.39, 0.29) is 5.91 Å². The Bertz CT molecular complexity index is 586. The number of anilines is 1. The van der Waals surface area contributed by atoms with E-state index in [1.54, 1.807) is 26.2 Å². The van der Waals surface area contributed by atoms with Crippen LogP contribution in [0.5, 0.6) is 5.75 Å². The largest absolute Gasteiger partial charge is 0.495 e. The van der Waals surface area contributed by atoms with Crippen molar-refractivity contribution in [3.63, 3.8) is 0 Å². The summed E-state index contributed by atoms with van der Waals surface area (Å²) in [4.78, 5) is 11.8. The predicted octanol–water partition coefficient (Wildman–Crippen LogP) is 2.51. The molecule has 106 valence electrons. The molecule has 1 amide bonds. The van der Waals surface area contributed by atoms with Gasteiger partial charge in [-0.3, -0.25) is 4.79 Å². The molecule has 1 heterocycles. The van der Waals surface area contributed by atoms with Crippen molar-refractivity contribution in [2.24, 2.45) is 0 Å². The third-order valence-corrected chi connectivity index (χ3v) is 3.26. The number of nitrogens with one attached hydrogen (secondary N) is 1. The molecule has 1 aromatic heterocycles. The summed E-state index contributed by atoms with van der Waals surface area (Å²) in [6.07, 6.45) is 0.351. The van der Waals surface area contributed by atoms with Crippen LogP contribution in [0.25, 0.3) is 0 Å². The number of methoxy groups -OCH3 is 1. The summed E-state index contributed by atoms with van der Waals surface area (Å²) >= 11 is 1.36. The number of para-hydroxylation sites is 2. The maximum Gasteiger partial charge on any atom is 0.276 e. The quantitative estimate of drug-likeness (QED) is 0.825. The number of aryl methyl sites for hydroxylation is 1. The van der Waals surface area contributed by atoms with Gasteiger partial charge in [0, 0.05) is 19.1 Å². The Morgan fingerprint density at radius 3 is 2.90 bits per heavy atom. The second-order valence-electron chi connectivity index (χ2n) is 3.93. The molecule has 0 aliphatic heterocycles. The lowest BCUT2D eigenvalue weighted by molar-refractivity contribution is -0.115. The number of ether oxygens (including phenoxy) is 1. The highest BCUT2D eigenvalue weighted by Gasteiger charge is 2.08. The zero-order valence-electron chi connectivity index (χ0n) is 11.3. The monoisotopic (exact) mass is 293 g/mol. The van der Waals surface area contributed by atoms with E-state index >= 15 is 0 Å². The maximum absolute atomic E-state index is 11.8. The first-order valence-electron chi connectivity index (χ1n) is 6.05. The van der Waals surface area contributed by atoms with Gasteiger partial charge in [0.2, 0.25) is 11.8 Å². The Balaban J connectivity index is 1.80. The molecule has 2 aromatic rings. The molecular weight excluding hydrogens is 278 g/mol. The number of rotatable bonds is 6. The van der Waals surface area contributed by atoms with Crippen molar-refractivity contribution in [3.8, 4) is 5.75 Å². The van der Waals surface area contributed by atoms with Crippen molar-refractivity contribution in [2.45, 2.75) is 18.6 Å². The maximum atomic E-state index is 11.8. The third kappa shape index (κ3) is 3.99. The fourth-order valence-electron chi connectivity index (χ4n) is 1.53. The molecule has 1 N–H and O–H groups in total. The lowest BCUT2D eigenvalue weighted by atomic mass is 10.3. The Hall–Kier alpha value is -2.02. The number of carbonyl (C=O) groups is 1. The first-order chi connectivity index (χ1) is 9.69. The van der Waals surface area contributed by atoms with Crippen LogP contribution in [0.4, 0.5) is 5.69 Å². The van der Waals surface area contributed by atoms with Gasteiger partial charge in [-0.15, -0.1) is 10.2 Å². The highest BCUT2D eigenvalue weighted by molar-refractivity contribution is 7.99. The molecule has 0 saturated heterocycles. The molecule has 0 radical (unpaired) electrons. The van der Waals surface area contributed by atoms with Crippen molar-refractivity contribution in [1.82, 2.24) is 10.2 Å². The van der Waals surface area contributed by atoms with E-state index < -0.39 is 0 Å². The van der Waals surface area contributed by atoms with E-state index in [9.17, 15) is 4.79 Å². The molecule has 1 aromatic carbocycles. The fraction of sp³-hybridized carbons (Fsp3) is 0.308. The zero-order valence-corrected chi connectivity index (χ0v) is 12.1. The molecule has 6 nitrogen and oxygen atoms in total. The highest BCUT2D eigenvalue weighted by Crippen LogP contribution is 2.23. The van der Waals surface area contributed by atoms with E-state index in [1.165, 1.54) is 11.8 Å². The van der Waals surface area contributed by atoms with Gasteiger partial charge in [0.1, 0.15) is 5.75 Å². The standard InChI is InChI=1S/C13H15N3O3S/c1-9-15-16-13(19-9)20-8-7-12(17)14-10-5-3-4-6-11(10)18-2/h3-6H,7-8H2,1-2H3,(H,14,17). The zero-order chi connectivity index (χ0) is 14.4. The van der Waals surface area contributed by atoms with Gasteiger partial charge in [-0.1, -0.05) is 23.9 Å². The summed E-state index contributed by atoms with van der Waals surface area (Å²) in [6.45, 7) is 1.73. The smallest absolute Gasteiger partial charge is 0.276 e. The van der Waals surface area contributed by atoms with Crippen molar-refractivity contribution in [1.29, 1.82) is 0 Å². The van der Waals surface area contributed by atoms with Gasteiger partial charge in [0.05, 0.1) is 12.8 Å². The summed E-state index contributed by atoms with van der Waals surface area (Å²) in [5.41, 5.74) is 0.665. The third-order valence-electron chi connectivity index (χ3n) is 2.44. The lowest BCUT2D eigenvalue weighted by Gasteiger charge is -2.09. The van der Waals surface area contributed by atoms with Crippen molar-refractivity contribution in [2.75, 3.05) is 18.2 Å². The first kappa shape index (κ1) is 14.4. The van der Waals surface area contributed by atoms with Crippen LogP contribution in [0, 0.1) is 6.92 Å². The molecule has 0 fully saturated rings. The van der Waals surface area contributed by atoms with Gasteiger partial charge >= 0.3 is 0 Å². The van der Waals surface area contributed by atoms with Crippen LogP contribution in [0.15, 0.2) is 33.9 Å². The van der Waals surface area contributed by atoms with Crippen LogP contribution in [0.1, 0.15) is 12.3 Å². The molecule has 7 heteroatoms. The minimum atomic E-state index is -0.0850. The van der Waals surface area contributed by atoms with Gasteiger partial charge in [-0.2, -0.15) is 0 Å². The summed E-state index contributed by atoms with van der Waals surface area (Å²) < 4.78 is 10.4. The average Bonchev–Trinajstić information content (AvgIpc) is 2.85. The molecule has 0 spiro atoms. The van der Waals surface area contributed by atoms with Gasteiger partial charge in [-0.05, 0) is 12.1 Å². The molecule has 20 heavy (non-hydrogen) atoms. The van der Waals surface area contributed by atoms with Gasteiger partial charge in [-0.25, -0.2) is 0 Å². The Morgan fingerprint density at radius 1 is 1.40 bits per heavy atom. The van der Waals surface area contributed by atoms with Gasteiger partial charge in [0.15, 0.2) is 0 Å². The normalized spacial score (nSPS) is 10.3. The number of nitrogens with zero attached hydrogens (tertiary/aromatic N) is 2. The number of amides is 1. The summed E-state index contributed by atoms with van der Waals surface area (Å²) in [5, 5.41) is 10.9. The summed E-state index contributed by atoms with van der Waals surface area (Å²) in [5.74, 6) is 1.65. The number of aromatic nitrogens is 2. The molecule has 0 unspecified atom stereocenters. The van der Waals surface area contributed by atoms with E-state index in [0.29, 0.717) is 34.7 Å². The van der Waals surface area contributed by atoms with E-state index in [1.807, 2.05) is 12.1 Å². The second-order valence-corrected chi connectivity index (χ2v) is 4.98. The van der Waals surface area contributed by atoms with Crippen molar-refractivity contribution >= 4 is 23.4 Å². The molecule has 0 atom stereocenters. The van der Waals surface area contributed by atoms with Crippen molar-refractivity contribution in [3.05, 3.63) is 30.2 Å². The molecule has 0 aliphatic rings. The number of carbonyl (C=O) groups excluding carboxylic acids is 1. The number of benzene rings is 1. The predicted molar refractivity (Wildman–Crippen MR) is 76.0 cm³/mol. The molecule has 0 saturated carbocycles. The Kier molecular flexibility index (Phi) is 5.00. The van der Waals surface area contributed by atoms with Gasteiger partial charge < -0.3 is 14.5 Å². The SMILES string of the molecule is COc1ccccc1NC(=O)CCSc1nnc(C)o1. The van der Waals surface area contributed by atoms with E-state index in [2.05, 4.69) is 15.5 Å². The van der Waals surface area contributed by atoms with Crippen molar-refractivity contribution < 1.29 is 13.9 Å². The molecule has 2 rings (SSSR count). The van der Waals surface area contributed by atoms with Crippen LogP contribution < -0.4 is 10.1 Å². The average molecular weight is 293 g/mol. The van der Waals surface area contributed by atoms with Gasteiger partial charge in [0.25, 0.3) is 5.22 Å². The van der Waals surface area contributed by atoms with E-state index in [4.69, 9.17) is 9.15 Å². The summed E-state index contributed by atoms with van der Waals surface area (Å²) in [7, 11) is 1.57. The van der Waals surface area contributed by atoms with Crippen LogP contribution >= 0.6 is 11.8 Å². The minimum Gasteiger partial charge on any atom is -0.495 e. The van der Waals surface area contributed by atoms with Crippen LogP contribution in [-0.2, 0) is 4.79 Å². The minimum absolute atomic E-state index is 0.0850. The first-order valence-corrected chi connectivity index (χ1v) is 7.03. The highest BCUT2D eigenvalue weighted by atomic mass is 32.2. The topological polar surface area (TPSA) is 77.2 Å². The fourth-order valence-corrected chi connectivity index (χ4v) is 2.27. The summed E-state index contributed by atoms with van der Waals surface area (Å²) in [6, 6.07) is 7.28. The Labute approximate surface area is 120 Å². The van der Waals surface area contributed by atoms with E-state index in [0.717, 1.165) is 0 Å². The molecular formula is C13H15N3O3S. The lowest BCUT2D eigenvalue weighted by Crippen LogP contribution is -2.12. The van der Waals surface area contributed by atoms with Crippen LogP contribution in [0.2, 0.25) is 0 Å². The number of hydrogen-bond acceptors (Lipinski definition) is 6. The Morgan fingerprint density at radius 2 is 2.20 bits per heavy atom.